The maximum Gasteiger partial charge on any atom is 0.255 e. The fourth-order valence-electron chi connectivity index (χ4n) is 1.09. The maximum absolute atomic E-state index is 11.5. The molecule has 3 N–H and O–H groups in total. The number of carbonyl (C=O) groups excluding carboxylic acids is 1. The van der Waals surface area contributed by atoms with E-state index in [0.717, 1.165) is 0 Å². The first-order valence-corrected chi connectivity index (χ1v) is 4.82. The van der Waals surface area contributed by atoms with E-state index in [1.54, 1.807) is 18.3 Å². The van der Waals surface area contributed by atoms with Gasteiger partial charge < -0.3 is 15.8 Å². The number of nitrogens with two attached hydrogens (primary N) is 1. The second kappa shape index (κ2) is 5.98. The molecule has 1 aromatic rings. The zero-order valence-corrected chi connectivity index (χ0v) is 8.69. The lowest BCUT2D eigenvalue weighted by molar-refractivity contribution is 0.0923. The van der Waals surface area contributed by atoms with Gasteiger partial charge in [-0.05, 0) is 19.1 Å². The summed E-state index contributed by atoms with van der Waals surface area (Å²) in [4.78, 5) is 15.4. The molecule has 0 atom stereocenters. The molecule has 1 amide bonds. The minimum atomic E-state index is -0.222. The Morgan fingerprint density at radius 3 is 3.13 bits per heavy atom. The Morgan fingerprint density at radius 2 is 2.47 bits per heavy atom. The molecule has 0 aliphatic carbocycles. The van der Waals surface area contributed by atoms with Gasteiger partial charge in [0.1, 0.15) is 5.82 Å². The summed E-state index contributed by atoms with van der Waals surface area (Å²) in [6, 6.07) is 3.31. The molecule has 1 rings (SSSR count). The van der Waals surface area contributed by atoms with E-state index in [4.69, 9.17) is 10.5 Å². The van der Waals surface area contributed by atoms with Crippen LogP contribution in [-0.4, -0.2) is 30.6 Å². The van der Waals surface area contributed by atoms with E-state index in [0.29, 0.717) is 25.3 Å². The zero-order valence-electron chi connectivity index (χ0n) is 8.69. The lowest BCUT2D eigenvalue weighted by atomic mass is 10.2. The van der Waals surface area contributed by atoms with Crippen LogP contribution in [0.2, 0.25) is 0 Å². The number of nitrogens with zero attached hydrogens (tertiary/aromatic N) is 1. The molecule has 1 heterocycles. The van der Waals surface area contributed by atoms with Crippen molar-refractivity contribution in [3.05, 3.63) is 23.9 Å². The number of anilines is 1. The molecule has 0 aliphatic rings. The second-order valence-corrected chi connectivity index (χ2v) is 2.89. The Morgan fingerprint density at radius 1 is 1.67 bits per heavy atom. The fourth-order valence-corrected chi connectivity index (χ4v) is 1.09. The van der Waals surface area contributed by atoms with Gasteiger partial charge in [0.05, 0.1) is 12.2 Å². The molecule has 5 nitrogen and oxygen atoms in total. The summed E-state index contributed by atoms with van der Waals surface area (Å²) in [5.74, 6) is 0.0201. The molecule has 0 aliphatic heterocycles. The number of rotatable bonds is 5. The molecule has 0 fully saturated rings. The Kier molecular flexibility index (Phi) is 4.56. The van der Waals surface area contributed by atoms with Gasteiger partial charge in [0.2, 0.25) is 0 Å². The maximum atomic E-state index is 11.5. The van der Waals surface area contributed by atoms with Gasteiger partial charge in [-0.25, -0.2) is 4.98 Å². The molecule has 82 valence electrons. The van der Waals surface area contributed by atoms with Crippen molar-refractivity contribution in [3.63, 3.8) is 0 Å². The summed E-state index contributed by atoms with van der Waals surface area (Å²) in [5, 5.41) is 2.69. The Balaban J connectivity index is 2.44. The van der Waals surface area contributed by atoms with Gasteiger partial charge in [0.25, 0.3) is 5.91 Å². The second-order valence-electron chi connectivity index (χ2n) is 2.89. The summed E-state index contributed by atoms with van der Waals surface area (Å²) in [5.41, 5.74) is 5.95. The zero-order chi connectivity index (χ0) is 11.1. The first kappa shape index (κ1) is 11.5. The van der Waals surface area contributed by atoms with Crippen LogP contribution in [0.1, 0.15) is 17.3 Å². The van der Waals surface area contributed by atoms with Crippen molar-refractivity contribution in [1.82, 2.24) is 10.3 Å². The number of amides is 1. The number of aromatic nitrogens is 1. The number of carbonyl (C=O) groups is 1. The summed E-state index contributed by atoms with van der Waals surface area (Å²) in [6.45, 7) is 3.52. The van der Waals surface area contributed by atoms with Crippen LogP contribution in [0.25, 0.3) is 0 Å². The number of nitrogen functional groups attached to an aromatic ring is 1. The van der Waals surface area contributed by atoms with Crippen LogP contribution in [0.5, 0.6) is 0 Å². The van der Waals surface area contributed by atoms with Crippen molar-refractivity contribution in [1.29, 1.82) is 0 Å². The molecule has 0 radical (unpaired) electrons. The summed E-state index contributed by atoms with van der Waals surface area (Å²) in [6.07, 6.45) is 1.55. The molecule has 0 saturated carbocycles. The number of pyridine rings is 1. The molecule has 5 heteroatoms. The molecule has 0 aromatic carbocycles. The fraction of sp³-hybridized carbons (Fsp3) is 0.400. The molecule has 0 unspecified atom stereocenters. The number of nitrogens with one attached hydrogen (secondary N) is 1. The molecule has 0 saturated heterocycles. The van der Waals surface area contributed by atoms with Gasteiger partial charge in [-0.15, -0.1) is 0 Å². The van der Waals surface area contributed by atoms with Crippen LogP contribution >= 0.6 is 0 Å². The van der Waals surface area contributed by atoms with Crippen LogP contribution in [0, 0.1) is 0 Å². The van der Waals surface area contributed by atoms with Gasteiger partial charge in [0, 0.05) is 19.3 Å². The van der Waals surface area contributed by atoms with Gasteiger partial charge in [-0.1, -0.05) is 0 Å². The van der Waals surface area contributed by atoms with E-state index in [2.05, 4.69) is 10.3 Å². The molecule has 1 aromatic heterocycles. The highest BCUT2D eigenvalue weighted by atomic mass is 16.5. The van der Waals surface area contributed by atoms with Crippen molar-refractivity contribution < 1.29 is 9.53 Å². The van der Waals surface area contributed by atoms with Crippen LogP contribution in [0.15, 0.2) is 18.3 Å². The Bertz CT molecular complexity index is 328. The molecule has 0 spiro atoms. The first-order chi connectivity index (χ1) is 7.25. The van der Waals surface area contributed by atoms with Crippen LogP contribution < -0.4 is 11.1 Å². The number of hydrogen-bond acceptors (Lipinski definition) is 4. The normalized spacial score (nSPS) is 9.93. The van der Waals surface area contributed by atoms with E-state index in [9.17, 15) is 4.79 Å². The first-order valence-electron chi connectivity index (χ1n) is 4.82. The van der Waals surface area contributed by atoms with Crippen molar-refractivity contribution in [2.45, 2.75) is 6.92 Å². The molecule has 15 heavy (non-hydrogen) atoms. The monoisotopic (exact) mass is 209 g/mol. The van der Waals surface area contributed by atoms with Crippen LogP contribution in [0.4, 0.5) is 5.82 Å². The third-order valence-electron chi connectivity index (χ3n) is 1.82. The largest absolute Gasteiger partial charge is 0.383 e. The lowest BCUT2D eigenvalue weighted by Crippen LogP contribution is -2.28. The van der Waals surface area contributed by atoms with E-state index < -0.39 is 0 Å². The van der Waals surface area contributed by atoms with Gasteiger partial charge in [-0.2, -0.15) is 0 Å². The Labute approximate surface area is 88.6 Å². The SMILES string of the molecule is CCOCCNC(=O)c1cccnc1N. The van der Waals surface area contributed by atoms with E-state index in [-0.39, 0.29) is 11.7 Å². The minimum absolute atomic E-state index is 0.222. The predicted molar refractivity (Wildman–Crippen MR) is 57.5 cm³/mol. The average Bonchev–Trinajstić information content (AvgIpc) is 2.25. The summed E-state index contributed by atoms with van der Waals surface area (Å²) in [7, 11) is 0. The minimum Gasteiger partial charge on any atom is -0.383 e. The number of hydrogen-bond donors (Lipinski definition) is 2. The van der Waals surface area contributed by atoms with Crippen LogP contribution in [-0.2, 0) is 4.74 Å². The van der Waals surface area contributed by atoms with Crippen LogP contribution in [0.3, 0.4) is 0 Å². The predicted octanol–water partition coefficient (Wildman–Crippen LogP) is 0.430. The highest BCUT2D eigenvalue weighted by molar-refractivity contribution is 5.98. The molecular weight excluding hydrogens is 194 g/mol. The van der Waals surface area contributed by atoms with Crippen molar-refractivity contribution in [2.24, 2.45) is 0 Å². The van der Waals surface area contributed by atoms with E-state index >= 15 is 0 Å². The average molecular weight is 209 g/mol. The molecular formula is C10H15N3O2. The summed E-state index contributed by atoms with van der Waals surface area (Å²) >= 11 is 0. The Hall–Kier alpha value is -1.62. The number of ether oxygens (including phenoxy) is 1. The quantitative estimate of drug-likeness (QED) is 0.689. The van der Waals surface area contributed by atoms with Crippen molar-refractivity contribution in [2.75, 3.05) is 25.5 Å². The third-order valence-corrected chi connectivity index (χ3v) is 1.82. The smallest absolute Gasteiger partial charge is 0.255 e. The third kappa shape index (κ3) is 3.55. The lowest BCUT2D eigenvalue weighted by Gasteiger charge is -2.06. The molecule has 0 bridgehead atoms. The van der Waals surface area contributed by atoms with Crippen molar-refractivity contribution in [3.8, 4) is 0 Å². The van der Waals surface area contributed by atoms with E-state index in [1.165, 1.54) is 0 Å². The van der Waals surface area contributed by atoms with Gasteiger partial charge >= 0.3 is 0 Å². The van der Waals surface area contributed by atoms with Gasteiger partial charge in [0.15, 0.2) is 0 Å². The summed E-state index contributed by atoms with van der Waals surface area (Å²) < 4.78 is 5.09. The van der Waals surface area contributed by atoms with Crippen molar-refractivity contribution >= 4 is 11.7 Å². The van der Waals surface area contributed by atoms with Gasteiger partial charge in [-0.3, -0.25) is 4.79 Å². The highest BCUT2D eigenvalue weighted by Crippen LogP contribution is 2.05. The van der Waals surface area contributed by atoms with E-state index in [1.807, 2.05) is 6.92 Å². The highest BCUT2D eigenvalue weighted by Gasteiger charge is 2.08. The standard InChI is InChI=1S/C10H15N3O2/c1-2-15-7-6-13-10(14)8-4-3-5-12-9(8)11/h3-5H,2,6-7H2,1H3,(H2,11,12)(H,13,14). The topological polar surface area (TPSA) is 77.2 Å².